The van der Waals surface area contributed by atoms with E-state index in [2.05, 4.69) is 11.4 Å². The van der Waals surface area contributed by atoms with Crippen LogP contribution in [0.5, 0.6) is 11.5 Å². The molecule has 0 saturated carbocycles. The standard InChI is InChI=1S/C18H16N4O3/c1-22-16-12(9-14(17(22)23)21-18(20)24)5-3-7-15(16)25-13-6-2-4-11(8-13)10-19/h2-8,14H,9H2,1H3,(H3,20,21,24)/t14-/m1/s1. The molecule has 0 fully saturated rings. The highest BCUT2D eigenvalue weighted by atomic mass is 16.5. The van der Waals surface area contributed by atoms with E-state index in [1.54, 1.807) is 37.4 Å². The van der Waals surface area contributed by atoms with Gasteiger partial charge in [-0.2, -0.15) is 5.26 Å². The van der Waals surface area contributed by atoms with Crippen molar-refractivity contribution in [2.45, 2.75) is 12.5 Å². The van der Waals surface area contributed by atoms with Crippen LogP contribution >= 0.6 is 0 Å². The minimum atomic E-state index is -0.740. The number of hydrogen-bond acceptors (Lipinski definition) is 4. The van der Waals surface area contributed by atoms with Gasteiger partial charge < -0.3 is 20.7 Å². The summed E-state index contributed by atoms with van der Waals surface area (Å²) in [6, 6.07) is 12.8. The van der Waals surface area contributed by atoms with Gasteiger partial charge in [-0.05, 0) is 29.8 Å². The van der Waals surface area contributed by atoms with Crippen LogP contribution in [0.25, 0.3) is 0 Å². The zero-order chi connectivity index (χ0) is 18.0. The van der Waals surface area contributed by atoms with Crippen LogP contribution in [0, 0.1) is 11.3 Å². The summed E-state index contributed by atoms with van der Waals surface area (Å²) in [5.74, 6) is 0.736. The third-order valence-corrected chi connectivity index (χ3v) is 3.98. The molecule has 7 heteroatoms. The Balaban J connectivity index is 1.95. The number of likely N-dealkylation sites (N-methyl/N-ethyl adjacent to an activating group) is 1. The van der Waals surface area contributed by atoms with Gasteiger partial charge in [0.15, 0.2) is 5.75 Å². The van der Waals surface area contributed by atoms with Gasteiger partial charge in [0.25, 0.3) is 0 Å². The van der Waals surface area contributed by atoms with Gasteiger partial charge in [0.05, 0.1) is 17.3 Å². The average Bonchev–Trinajstić information content (AvgIpc) is 2.59. The van der Waals surface area contributed by atoms with E-state index >= 15 is 0 Å². The predicted octanol–water partition coefficient (Wildman–Crippen LogP) is 1.91. The topological polar surface area (TPSA) is 108 Å². The fraction of sp³-hybridized carbons (Fsp3) is 0.167. The van der Waals surface area contributed by atoms with Gasteiger partial charge in [0, 0.05) is 13.5 Å². The number of anilines is 1. The number of carbonyl (C=O) groups is 2. The summed E-state index contributed by atoms with van der Waals surface area (Å²) in [6.45, 7) is 0. The zero-order valence-electron chi connectivity index (χ0n) is 13.5. The second-order valence-electron chi connectivity index (χ2n) is 5.67. The molecule has 0 bridgehead atoms. The molecule has 1 aliphatic rings. The van der Waals surface area contributed by atoms with Crippen molar-refractivity contribution in [3.63, 3.8) is 0 Å². The number of fused-ring (bicyclic) bond motifs is 1. The van der Waals surface area contributed by atoms with E-state index in [9.17, 15) is 9.59 Å². The van der Waals surface area contributed by atoms with Crippen molar-refractivity contribution in [1.82, 2.24) is 5.32 Å². The van der Waals surface area contributed by atoms with Crippen molar-refractivity contribution in [2.24, 2.45) is 5.73 Å². The highest BCUT2D eigenvalue weighted by molar-refractivity contribution is 6.02. The second kappa shape index (κ2) is 6.53. The lowest BCUT2D eigenvalue weighted by molar-refractivity contribution is -0.120. The lowest BCUT2D eigenvalue weighted by Gasteiger charge is -2.32. The molecule has 2 aromatic carbocycles. The Labute approximate surface area is 144 Å². The van der Waals surface area contributed by atoms with E-state index in [4.69, 9.17) is 15.7 Å². The number of nitrogens with zero attached hydrogens (tertiary/aromatic N) is 2. The van der Waals surface area contributed by atoms with Crippen molar-refractivity contribution in [1.29, 1.82) is 5.26 Å². The Morgan fingerprint density at radius 1 is 1.36 bits per heavy atom. The first-order valence-electron chi connectivity index (χ1n) is 7.63. The number of nitriles is 1. The van der Waals surface area contributed by atoms with Gasteiger partial charge in [0.1, 0.15) is 11.8 Å². The van der Waals surface area contributed by atoms with Crippen LogP contribution in [0.3, 0.4) is 0 Å². The maximum atomic E-state index is 12.5. The fourth-order valence-corrected chi connectivity index (χ4v) is 2.89. The van der Waals surface area contributed by atoms with E-state index in [0.717, 1.165) is 5.56 Å². The predicted molar refractivity (Wildman–Crippen MR) is 91.3 cm³/mol. The molecule has 1 aliphatic heterocycles. The largest absolute Gasteiger partial charge is 0.455 e. The quantitative estimate of drug-likeness (QED) is 0.892. The smallest absolute Gasteiger partial charge is 0.312 e. The first-order valence-corrected chi connectivity index (χ1v) is 7.63. The van der Waals surface area contributed by atoms with Gasteiger partial charge in [-0.15, -0.1) is 0 Å². The highest BCUT2D eigenvalue weighted by Crippen LogP contribution is 2.38. The molecule has 25 heavy (non-hydrogen) atoms. The molecule has 3 N–H and O–H groups in total. The van der Waals surface area contributed by atoms with Gasteiger partial charge in [-0.3, -0.25) is 4.79 Å². The molecular formula is C18H16N4O3. The number of primary amides is 1. The number of amides is 3. The van der Waals surface area contributed by atoms with E-state index in [1.807, 2.05) is 12.1 Å². The summed E-state index contributed by atoms with van der Waals surface area (Å²) in [7, 11) is 1.62. The fourth-order valence-electron chi connectivity index (χ4n) is 2.89. The van der Waals surface area contributed by atoms with Gasteiger partial charge in [-0.25, -0.2) is 4.79 Å². The Bertz CT molecular complexity index is 888. The van der Waals surface area contributed by atoms with Crippen LogP contribution < -0.4 is 20.7 Å². The molecule has 0 aliphatic carbocycles. The van der Waals surface area contributed by atoms with E-state index < -0.39 is 12.1 Å². The summed E-state index contributed by atoms with van der Waals surface area (Å²) in [5.41, 5.74) is 7.12. The third kappa shape index (κ3) is 3.23. The number of rotatable bonds is 3. The minimum absolute atomic E-state index is 0.270. The lowest BCUT2D eigenvalue weighted by atomic mass is 9.97. The van der Waals surface area contributed by atoms with E-state index in [0.29, 0.717) is 29.2 Å². The Morgan fingerprint density at radius 3 is 2.84 bits per heavy atom. The summed E-state index contributed by atoms with van der Waals surface area (Å²) in [4.78, 5) is 25.0. The summed E-state index contributed by atoms with van der Waals surface area (Å²) < 4.78 is 5.90. The number of ether oxygens (including phenoxy) is 1. The van der Waals surface area contributed by atoms with Crippen LogP contribution in [-0.4, -0.2) is 25.0 Å². The monoisotopic (exact) mass is 336 g/mol. The number of carbonyl (C=O) groups excluding carboxylic acids is 2. The first kappa shape index (κ1) is 16.3. The molecule has 0 aromatic heterocycles. The number of urea groups is 1. The lowest BCUT2D eigenvalue weighted by Crippen LogP contribution is -2.53. The zero-order valence-corrected chi connectivity index (χ0v) is 13.5. The average molecular weight is 336 g/mol. The third-order valence-electron chi connectivity index (χ3n) is 3.98. The Kier molecular flexibility index (Phi) is 4.27. The molecule has 1 atom stereocenters. The molecule has 126 valence electrons. The van der Waals surface area contributed by atoms with Crippen LogP contribution in [0.15, 0.2) is 42.5 Å². The Morgan fingerprint density at radius 2 is 2.12 bits per heavy atom. The summed E-state index contributed by atoms with van der Waals surface area (Å²) >= 11 is 0. The Hall–Kier alpha value is -3.53. The maximum Gasteiger partial charge on any atom is 0.312 e. The SMILES string of the molecule is CN1C(=O)[C@H](NC(N)=O)Cc2cccc(Oc3cccc(C#N)c3)c21. The number of nitrogens with two attached hydrogens (primary N) is 1. The molecule has 2 aromatic rings. The normalized spacial score (nSPS) is 15.9. The molecule has 1 heterocycles. The number of nitrogens with one attached hydrogen (secondary N) is 1. The molecule has 3 amide bonds. The van der Waals surface area contributed by atoms with E-state index in [-0.39, 0.29) is 5.91 Å². The summed E-state index contributed by atoms with van der Waals surface area (Å²) in [6.07, 6.45) is 0.330. The minimum Gasteiger partial charge on any atom is -0.455 e. The van der Waals surface area contributed by atoms with Gasteiger partial charge >= 0.3 is 6.03 Å². The van der Waals surface area contributed by atoms with E-state index in [1.165, 1.54) is 4.90 Å². The molecular weight excluding hydrogens is 320 g/mol. The first-order chi connectivity index (χ1) is 12.0. The molecule has 0 spiro atoms. The highest BCUT2D eigenvalue weighted by Gasteiger charge is 2.33. The molecule has 0 radical (unpaired) electrons. The molecule has 7 nitrogen and oxygen atoms in total. The van der Waals surface area contributed by atoms with Crippen molar-refractivity contribution < 1.29 is 14.3 Å². The molecule has 0 unspecified atom stereocenters. The van der Waals surface area contributed by atoms with Gasteiger partial charge in [0.2, 0.25) is 5.91 Å². The molecule has 0 saturated heterocycles. The van der Waals surface area contributed by atoms with Crippen molar-refractivity contribution in [2.75, 3.05) is 11.9 Å². The van der Waals surface area contributed by atoms with Crippen LogP contribution in [0.1, 0.15) is 11.1 Å². The number of hydrogen-bond donors (Lipinski definition) is 2. The van der Waals surface area contributed by atoms with Crippen molar-refractivity contribution in [3.05, 3.63) is 53.6 Å². The summed E-state index contributed by atoms with van der Waals surface area (Å²) in [5, 5.41) is 11.5. The van der Waals surface area contributed by atoms with Crippen LogP contribution in [-0.2, 0) is 11.2 Å². The number of para-hydroxylation sites is 1. The molecule has 3 rings (SSSR count). The van der Waals surface area contributed by atoms with Gasteiger partial charge in [-0.1, -0.05) is 18.2 Å². The van der Waals surface area contributed by atoms with Crippen molar-refractivity contribution in [3.8, 4) is 17.6 Å². The van der Waals surface area contributed by atoms with Crippen LogP contribution in [0.4, 0.5) is 10.5 Å². The van der Waals surface area contributed by atoms with Crippen LogP contribution in [0.2, 0.25) is 0 Å². The maximum absolute atomic E-state index is 12.5. The second-order valence-corrected chi connectivity index (χ2v) is 5.67. The number of benzene rings is 2. The van der Waals surface area contributed by atoms with Crippen molar-refractivity contribution >= 4 is 17.6 Å².